The van der Waals surface area contributed by atoms with Crippen LogP contribution in [-0.2, 0) is 6.54 Å². The summed E-state index contributed by atoms with van der Waals surface area (Å²) < 4.78 is 5.65. The van der Waals surface area contributed by atoms with Gasteiger partial charge in [-0.2, -0.15) is 0 Å². The van der Waals surface area contributed by atoms with Crippen LogP contribution in [0, 0.1) is 0 Å². The van der Waals surface area contributed by atoms with Crippen LogP contribution in [0.4, 0.5) is 0 Å². The Hall–Kier alpha value is -1.39. The number of ketones is 1. The molecule has 4 nitrogen and oxygen atoms in total. The van der Waals surface area contributed by atoms with Gasteiger partial charge in [0.1, 0.15) is 5.75 Å². The molecule has 1 aliphatic heterocycles. The highest BCUT2D eigenvalue weighted by molar-refractivity contribution is 5.94. The summed E-state index contributed by atoms with van der Waals surface area (Å²) in [6, 6.07) is 6.27. The van der Waals surface area contributed by atoms with Gasteiger partial charge in [-0.05, 0) is 39.1 Å². The number of benzene rings is 1. The quantitative estimate of drug-likeness (QED) is 0.792. The van der Waals surface area contributed by atoms with Crippen LogP contribution in [-0.4, -0.2) is 43.5 Å². The smallest absolute Gasteiger partial charge is 0.159 e. The van der Waals surface area contributed by atoms with Gasteiger partial charge in [-0.15, -0.1) is 0 Å². The van der Waals surface area contributed by atoms with Gasteiger partial charge in [0.05, 0.1) is 6.61 Å². The first-order chi connectivity index (χ1) is 9.11. The molecule has 1 heterocycles. The topological polar surface area (TPSA) is 41.6 Å². The van der Waals surface area contributed by atoms with Crippen LogP contribution in [0.2, 0.25) is 0 Å². The van der Waals surface area contributed by atoms with E-state index in [1.165, 1.54) is 0 Å². The molecule has 0 spiro atoms. The second kappa shape index (κ2) is 6.17. The number of likely N-dealkylation sites (N-methyl/N-ethyl adjacent to an activating group) is 1. The normalized spacial score (nSPS) is 15.4. The fraction of sp³-hybridized carbons (Fsp3) is 0.533. The Kier molecular flexibility index (Phi) is 4.56. The molecule has 0 radical (unpaired) electrons. The van der Waals surface area contributed by atoms with E-state index in [1.807, 2.05) is 25.1 Å². The first kappa shape index (κ1) is 14.0. The van der Waals surface area contributed by atoms with Crippen molar-refractivity contribution < 1.29 is 9.53 Å². The van der Waals surface area contributed by atoms with Crippen LogP contribution in [0.25, 0.3) is 0 Å². The summed E-state index contributed by atoms with van der Waals surface area (Å²) in [4.78, 5) is 13.8. The maximum Gasteiger partial charge on any atom is 0.159 e. The highest BCUT2D eigenvalue weighted by atomic mass is 16.5. The van der Waals surface area contributed by atoms with Crippen molar-refractivity contribution in [3.8, 4) is 5.75 Å². The standard InChI is InChI=1S/C15H22N2O2/c1-4-19-15-6-5-12(11(2)18)7-13(15)10-17(3)14-8-16-9-14/h5-7,14,16H,4,8-10H2,1-3H3. The van der Waals surface area contributed by atoms with Crippen LogP contribution in [0.1, 0.15) is 29.8 Å². The maximum atomic E-state index is 11.5. The number of hydrogen-bond acceptors (Lipinski definition) is 4. The molecule has 104 valence electrons. The van der Waals surface area contributed by atoms with Crippen LogP contribution >= 0.6 is 0 Å². The minimum Gasteiger partial charge on any atom is -0.494 e. The molecular formula is C15H22N2O2. The van der Waals surface area contributed by atoms with E-state index >= 15 is 0 Å². The second-order valence-corrected chi connectivity index (χ2v) is 5.04. The Morgan fingerprint density at radius 3 is 2.74 bits per heavy atom. The summed E-state index contributed by atoms with van der Waals surface area (Å²) in [5.74, 6) is 0.976. The summed E-state index contributed by atoms with van der Waals surface area (Å²) in [6.07, 6.45) is 0. The molecule has 19 heavy (non-hydrogen) atoms. The molecule has 0 aromatic heterocycles. The fourth-order valence-corrected chi connectivity index (χ4v) is 2.20. The summed E-state index contributed by atoms with van der Waals surface area (Å²) in [6.45, 7) is 7.09. The molecule has 1 fully saturated rings. The van der Waals surface area contributed by atoms with E-state index in [1.54, 1.807) is 6.92 Å². The van der Waals surface area contributed by atoms with Gasteiger partial charge in [-0.1, -0.05) is 0 Å². The fourth-order valence-electron chi connectivity index (χ4n) is 2.20. The molecule has 2 rings (SSSR count). The molecule has 1 aromatic rings. The van der Waals surface area contributed by atoms with Crippen molar-refractivity contribution in [3.63, 3.8) is 0 Å². The van der Waals surface area contributed by atoms with Gasteiger partial charge < -0.3 is 10.1 Å². The maximum absolute atomic E-state index is 11.5. The lowest BCUT2D eigenvalue weighted by molar-refractivity contribution is 0.101. The summed E-state index contributed by atoms with van der Waals surface area (Å²) >= 11 is 0. The molecule has 0 atom stereocenters. The number of carbonyl (C=O) groups is 1. The highest BCUT2D eigenvalue weighted by Crippen LogP contribution is 2.23. The monoisotopic (exact) mass is 262 g/mol. The summed E-state index contributed by atoms with van der Waals surface area (Å²) in [5, 5.41) is 3.27. The number of nitrogens with one attached hydrogen (secondary N) is 1. The molecule has 1 saturated heterocycles. The number of ether oxygens (including phenoxy) is 1. The minimum absolute atomic E-state index is 0.0947. The zero-order valence-electron chi connectivity index (χ0n) is 11.9. The van der Waals surface area contributed by atoms with E-state index < -0.39 is 0 Å². The SMILES string of the molecule is CCOc1ccc(C(C)=O)cc1CN(C)C1CNC1. The zero-order chi connectivity index (χ0) is 13.8. The Bertz CT molecular complexity index is 455. The van der Waals surface area contributed by atoms with Crippen LogP contribution in [0.15, 0.2) is 18.2 Å². The molecule has 0 aliphatic carbocycles. The van der Waals surface area contributed by atoms with Crippen molar-refractivity contribution in [2.45, 2.75) is 26.4 Å². The van der Waals surface area contributed by atoms with Crippen molar-refractivity contribution in [2.75, 3.05) is 26.7 Å². The lowest BCUT2D eigenvalue weighted by Crippen LogP contribution is -2.55. The summed E-state index contributed by atoms with van der Waals surface area (Å²) in [5.41, 5.74) is 1.84. The minimum atomic E-state index is 0.0947. The third kappa shape index (κ3) is 3.33. The summed E-state index contributed by atoms with van der Waals surface area (Å²) in [7, 11) is 2.11. The number of carbonyl (C=O) groups excluding carboxylic acids is 1. The third-order valence-electron chi connectivity index (χ3n) is 3.57. The average Bonchev–Trinajstić information content (AvgIpc) is 2.29. The van der Waals surface area contributed by atoms with Crippen LogP contribution in [0.3, 0.4) is 0 Å². The van der Waals surface area contributed by atoms with Crippen LogP contribution < -0.4 is 10.1 Å². The Morgan fingerprint density at radius 2 is 2.21 bits per heavy atom. The van der Waals surface area contributed by atoms with E-state index in [2.05, 4.69) is 17.3 Å². The van der Waals surface area contributed by atoms with Crippen molar-refractivity contribution >= 4 is 5.78 Å². The largest absolute Gasteiger partial charge is 0.494 e. The van der Waals surface area contributed by atoms with Gasteiger partial charge >= 0.3 is 0 Å². The van der Waals surface area contributed by atoms with Gasteiger partial charge in [0.15, 0.2) is 5.78 Å². The van der Waals surface area contributed by atoms with Gasteiger partial charge in [0, 0.05) is 36.8 Å². The first-order valence-corrected chi connectivity index (χ1v) is 6.79. The van der Waals surface area contributed by atoms with Crippen molar-refractivity contribution in [2.24, 2.45) is 0 Å². The molecule has 0 bridgehead atoms. The Balaban J connectivity index is 2.18. The average molecular weight is 262 g/mol. The molecule has 0 saturated carbocycles. The van der Waals surface area contributed by atoms with Crippen LogP contribution in [0.5, 0.6) is 5.75 Å². The number of Topliss-reactive ketones (excluding diaryl/α,β-unsaturated/α-hetero) is 1. The number of hydrogen-bond donors (Lipinski definition) is 1. The molecule has 1 aromatic carbocycles. The van der Waals surface area contributed by atoms with Gasteiger partial charge in [-0.25, -0.2) is 0 Å². The molecular weight excluding hydrogens is 240 g/mol. The predicted molar refractivity (Wildman–Crippen MR) is 75.7 cm³/mol. The van der Waals surface area contributed by atoms with Gasteiger partial charge in [0.2, 0.25) is 0 Å². The molecule has 0 amide bonds. The molecule has 4 heteroatoms. The Labute approximate surface area is 114 Å². The van der Waals surface area contributed by atoms with E-state index in [0.717, 1.165) is 36.5 Å². The molecule has 0 unspecified atom stereocenters. The Morgan fingerprint density at radius 1 is 1.47 bits per heavy atom. The van der Waals surface area contributed by atoms with Gasteiger partial charge in [-0.3, -0.25) is 9.69 Å². The molecule has 1 N–H and O–H groups in total. The number of nitrogens with zero attached hydrogens (tertiary/aromatic N) is 1. The third-order valence-corrected chi connectivity index (χ3v) is 3.57. The number of rotatable bonds is 6. The lowest BCUT2D eigenvalue weighted by atomic mass is 10.0. The van der Waals surface area contributed by atoms with E-state index in [9.17, 15) is 4.79 Å². The van der Waals surface area contributed by atoms with Crippen molar-refractivity contribution in [1.29, 1.82) is 0 Å². The lowest BCUT2D eigenvalue weighted by Gasteiger charge is -2.36. The van der Waals surface area contributed by atoms with E-state index in [4.69, 9.17) is 4.74 Å². The van der Waals surface area contributed by atoms with E-state index in [0.29, 0.717) is 12.6 Å². The van der Waals surface area contributed by atoms with Gasteiger partial charge in [0.25, 0.3) is 0 Å². The first-order valence-electron chi connectivity index (χ1n) is 6.79. The molecule has 1 aliphatic rings. The highest BCUT2D eigenvalue weighted by Gasteiger charge is 2.22. The predicted octanol–water partition coefficient (Wildman–Crippen LogP) is 1.69. The van der Waals surface area contributed by atoms with E-state index in [-0.39, 0.29) is 5.78 Å². The zero-order valence-corrected chi connectivity index (χ0v) is 11.9. The van der Waals surface area contributed by atoms with Crippen molar-refractivity contribution in [1.82, 2.24) is 10.2 Å². The van der Waals surface area contributed by atoms with Crippen molar-refractivity contribution in [3.05, 3.63) is 29.3 Å². The second-order valence-electron chi connectivity index (χ2n) is 5.04.